The fourth-order valence-electron chi connectivity index (χ4n) is 1.31. The summed E-state index contributed by atoms with van der Waals surface area (Å²) in [6.07, 6.45) is 3.34. The number of nitrogens with one attached hydrogen (secondary N) is 2. The summed E-state index contributed by atoms with van der Waals surface area (Å²) in [6.45, 7) is 0.386. The number of aromatic nitrogens is 2. The van der Waals surface area contributed by atoms with E-state index in [2.05, 4.69) is 43.2 Å². The number of hydrogen-bond donors (Lipinski definition) is 2. The van der Waals surface area contributed by atoms with Crippen molar-refractivity contribution < 1.29 is 4.79 Å². The highest BCUT2D eigenvalue weighted by atomic mass is 127. The van der Waals surface area contributed by atoms with E-state index in [-0.39, 0.29) is 6.03 Å². The number of anilines is 1. The van der Waals surface area contributed by atoms with Crippen molar-refractivity contribution in [3.63, 3.8) is 0 Å². The molecule has 0 bridgehead atoms. The number of hydrogen-bond acceptors (Lipinski definition) is 3. The van der Waals surface area contributed by atoms with Gasteiger partial charge in [0.25, 0.3) is 0 Å². The smallest absolute Gasteiger partial charge is 0.320 e. The fourth-order valence-corrected chi connectivity index (χ4v) is 1.76. The summed E-state index contributed by atoms with van der Waals surface area (Å²) in [5.74, 6) is 0.528. The third-order valence-electron chi connectivity index (χ3n) is 2.12. The minimum Gasteiger partial charge on any atom is -0.332 e. The molecule has 2 aromatic rings. The highest BCUT2D eigenvalue weighted by Crippen LogP contribution is 2.08. The summed E-state index contributed by atoms with van der Waals surface area (Å²) in [7, 11) is 0. The van der Waals surface area contributed by atoms with Crippen molar-refractivity contribution in [1.82, 2.24) is 15.3 Å². The number of halogens is 1. The largest absolute Gasteiger partial charge is 0.332 e. The lowest BCUT2D eigenvalue weighted by molar-refractivity contribution is 0.251. The van der Waals surface area contributed by atoms with Crippen LogP contribution >= 0.6 is 22.6 Å². The van der Waals surface area contributed by atoms with E-state index >= 15 is 0 Å². The lowest BCUT2D eigenvalue weighted by atomic mass is 10.3. The van der Waals surface area contributed by atoms with Gasteiger partial charge in [0.2, 0.25) is 0 Å². The average molecular weight is 354 g/mol. The molecule has 2 amide bonds. The zero-order valence-corrected chi connectivity index (χ0v) is 11.6. The molecular formula is C12H11IN4O. The normalized spacial score (nSPS) is 9.83. The van der Waals surface area contributed by atoms with E-state index in [9.17, 15) is 4.79 Å². The summed E-state index contributed by atoms with van der Waals surface area (Å²) < 4.78 is 1.02. The van der Waals surface area contributed by atoms with E-state index in [0.29, 0.717) is 12.4 Å². The second-order valence-corrected chi connectivity index (χ2v) is 4.73. The van der Waals surface area contributed by atoms with E-state index in [0.717, 1.165) is 9.26 Å². The zero-order valence-electron chi connectivity index (χ0n) is 9.43. The zero-order chi connectivity index (χ0) is 12.8. The van der Waals surface area contributed by atoms with E-state index in [1.165, 1.54) is 0 Å². The topological polar surface area (TPSA) is 66.9 Å². The average Bonchev–Trinajstić information content (AvgIpc) is 2.38. The second kappa shape index (κ2) is 6.29. The third kappa shape index (κ3) is 3.95. The molecule has 0 radical (unpaired) electrons. The number of amides is 2. The monoisotopic (exact) mass is 354 g/mol. The maximum atomic E-state index is 11.6. The van der Waals surface area contributed by atoms with Crippen molar-refractivity contribution in [2.75, 3.05) is 5.32 Å². The number of rotatable bonds is 3. The molecule has 0 spiro atoms. The van der Waals surface area contributed by atoms with Gasteiger partial charge in [0.1, 0.15) is 5.82 Å². The van der Waals surface area contributed by atoms with Crippen molar-refractivity contribution in [3.05, 3.63) is 52.0 Å². The molecule has 18 heavy (non-hydrogen) atoms. The molecular weight excluding hydrogens is 343 g/mol. The molecule has 92 valence electrons. The first-order valence-corrected chi connectivity index (χ1v) is 6.38. The van der Waals surface area contributed by atoms with Crippen LogP contribution in [0.25, 0.3) is 0 Å². The number of pyridine rings is 2. The Balaban J connectivity index is 1.86. The summed E-state index contributed by atoms with van der Waals surface area (Å²) in [6, 6.07) is 8.92. The van der Waals surface area contributed by atoms with E-state index in [4.69, 9.17) is 0 Å². The van der Waals surface area contributed by atoms with Crippen molar-refractivity contribution in [2.24, 2.45) is 0 Å². The standard InChI is InChI=1S/C12H11IN4O/c13-9-4-6-15-11(7-9)17-12(18)16-8-10-3-1-2-5-14-10/h1-7H,8H2,(H2,15,16,17,18). The molecule has 2 aromatic heterocycles. The van der Waals surface area contributed by atoms with E-state index in [1.807, 2.05) is 24.3 Å². The molecule has 0 atom stereocenters. The molecule has 2 N–H and O–H groups in total. The molecule has 0 unspecified atom stereocenters. The molecule has 0 fully saturated rings. The van der Waals surface area contributed by atoms with Crippen molar-refractivity contribution >= 4 is 34.4 Å². The maximum absolute atomic E-state index is 11.6. The van der Waals surface area contributed by atoms with Crippen LogP contribution in [0.4, 0.5) is 10.6 Å². The minimum atomic E-state index is -0.296. The highest BCUT2D eigenvalue weighted by molar-refractivity contribution is 14.1. The molecule has 0 saturated carbocycles. The van der Waals surface area contributed by atoms with Crippen molar-refractivity contribution in [2.45, 2.75) is 6.54 Å². The lowest BCUT2D eigenvalue weighted by Gasteiger charge is -2.06. The van der Waals surface area contributed by atoms with Gasteiger partial charge in [0.05, 0.1) is 12.2 Å². The van der Waals surface area contributed by atoms with E-state index in [1.54, 1.807) is 18.5 Å². The number of urea groups is 1. The summed E-state index contributed by atoms with van der Waals surface area (Å²) in [5.41, 5.74) is 0.809. The first kappa shape index (κ1) is 12.7. The SMILES string of the molecule is O=C(NCc1ccccn1)Nc1cc(I)ccn1. The van der Waals surface area contributed by atoms with Crippen LogP contribution in [0.15, 0.2) is 42.7 Å². The van der Waals surface area contributed by atoms with Gasteiger partial charge in [0, 0.05) is 16.0 Å². The highest BCUT2D eigenvalue weighted by Gasteiger charge is 2.03. The van der Waals surface area contributed by atoms with E-state index < -0.39 is 0 Å². The molecule has 0 aromatic carbocycles. The molecule has 0 aliphatic carbocycles. The maximum Gasteiger partial charge on any atom is 0.320 e. The van der Waals surface area contributed by atoms with Crippen LogP contribution in [0, 0.1) is 3.57 Å². The fraction of sp³-hybridized carbons (Fsp3) is 0.0833. The molecule has 0 aliphatic rings. The summed E-state index contributed by atoms with van der Waals surface area (Å²) in [5, 5.41) is 5.37. The predicted molar refractivity (Wildman–Crippen MR) is 77.0 cm³/mol. The Bertz CT molecular complexity index is 533. The summed E-state index contributed by atoms with van der Waals surface area (Å²) in [4.78, 5) is 19.8. The predicted octanol–water partition coefficient (Wildman–Crippen LogP) is 2.40. The van der Waals surface area contributed by atoms with Gasteiger partial charge in [0.15, 0.2) is 0 Å². The van der Waals surface area contributed by atoms with Crippen molar-refractivity contribution in [1.29, 1.82) is 0 Å². The number of carbonyl (C=O) groups is 1. The molecule has 6 heteroatoms. The van der Waals surface area contributed by atoms with Crippen LogP contribution in [0.5, 0.6) is 0 Å². The van der Waals surface area contributed by atoms with Gasteiger partial charge in [-0.3, -0.25) is 10.3 Å². The second-order valence-electron chi connectivity index (χ2n) is 3.49. The van der Waals surface area contributed by atoms with Crippen LogP contribution in [0.2, 0.25) is 0 Å². The third-order valence-corrected chi connectivity index (χ3v) is 2.79. The van der Waals surface area contributed by atoms with Crippen LogP contribution < -0.4 is 10.6 Å². The van der Waals surface area contributed by atoms with Crippen molar-refractivity contribution in [3.8, 4) is 0 Å². The Morgan fingerprint density at radius 2 is 2.11 bits per heavy atom. The number of nitrogens with zero attached hydrogens (tertiary/aromatic N) is 2. The first-order valence-electron chi connectivity index (χ1n) is 5.30. The van der Waals surface area contributed by atoms with Gasteiger partial charge in [-0.2, -0.15) is 0 Å². The summed E-state index contributed by atoms with van der Waals surface area (Å²) >= 11 is 2.16. The number of carbonyl (C=O) groups excluding carboxylic acids is 1. The molecule has 0 aliphatic heterocycles. The van der Waals surface area contributed by atoms with Crippen LogP contribution in [-0.2, 0) is 6.54 Å². The molecule has 2 rings (SSSR count). The Labute approximate surface area is 118 Å². The first-order chi connectivity index (χ1) is 8.74. The Hall–Kier alpha value is -1.70. The van der Waals surface area contributed by atoms with Gasteiger partial charge in [-0.15, -0.1) is 0 Å². The van der Waals surface area contributed by atoms with Crippen LogP contribution in [-0.4, -0.2) is 16.0 Å². The van der Waals surface area contributed by atoms with Gasteiger partial charge >= 0.3 is 6.03 Å². The van der Waals surface area contributed by atoms with Gasteiger partial charge < -0.3 is 5.32 Å². The molecule has 2 heterocycles. The van der Waals surface area contributed by atoms with Gasteiger partial charge in [-0.25, -0.2) is 9.78 Å². The van der Waals surface area contributed by atoms with Crippen LogP contribution in [0.1, 0.15) is 5.69 Å². The Morgan fingerprint density at radius 3 is 2.83 bits per heavy atom. The Morgan fingerprint density at radius 1 is 1.22 bits per heavy atom. The lowest BCUT2D eigenvalue weighted by Crippen LogP contribution is -2.28. The minimum absolute atomic E-state index is 0.296. The van der Waals surface area contributed by atoms with Gasteiger partial charge in [-0.1, -0.05) is 6.07 Å². The van der Waals surface area contributed by atoms with Gasteiger partial charge in [-0.05, 0) is 46.9 Å². The van der Waals surface area contributed by atoms with Crippen LogP contribution in [0.3, 0.4) is 0 Å². The Kier molecular flexibility index (Phi) is 4.46. The molecule has 0 saturated heterocycles. The molecule has 5 nitrogen and oxygen atoms in total. The quantitative estimate of drug-likeness (QED) is 0.832.